The molecule has 1 N–H and O–H groups in total. The molecule has 1 fully saturated rings. The van der Waals surface area contributed by atoms with Crippen molar-refractivity contribution in [2.24, 2.45) is 5.92 Å². The fraction of sp³-hybridized carbons (Fsp3) is 0.500. The second kappa shape index (κ2) is 3.90. The van der Waals surface area contributed by atoms with Crippen molar-refractivity contribution in [2.75, 3.05) is 7.11 Å². The van der Waals surface area contributed by atoms with Gasteiger partial charge in [0.25, 0.3) is 0 Å². The summed E-state index contributed by atoms with van der Waals surface area (Å²) in [4.78, 5) is 11.4. The van der Waals surface area contributed by atoms with Crippen molar-refractivity contribution < 1.29 is 19.4 Å². The summed E-state index contributed by atoms with van der Waals surface area (Å²) in [7, 11) is 1.60. The molecule has 4 heteroatoms. The Balaban J connectivity index is 1.99. The van der Waals surface area contributed by atoms with Crippen molar-refractivity contribution >= 4 is 5.97 Å². The molecule has 2 aliphatic rings. The van der Waals surface area contributed by atoms with Crippen LogP contribution < -0.4 is 9.47 Å². The van der Waals surface area contributed by atoms with Gasteiger partial charge in [-0.2, -0.15) is 0 Å². The SMILES string of the molecule is COc1cccc2c1OC1(CCCC1C(=O)O)C2. The number of hydrogen-bond acceptors (Lipinski definition) is 3. The molecule has 0 bridgehead atoms. The van der Waals surface area contributed by atoms with Crippen molar-refractivity contribution in [3.8, 4) is 11.5 Å². The number of methoxy groups -OCH3 is 1. The highest BCUT2D eigenvalue weighted by Gasteiger charge is 2.53. The summed E-state index contributed by atoms with van der Waals surface area (Å²) in [6.07, 6.45) is 3.09. The zero-order valence-corrected chi connectivity index (χ0v) is 10.3. The van der Waals surface area contributed by atoms with Gasteiger partial charge in [0.1, 0.15) is 5.60 Å². The van der Waals surface area contributed by atoms with Gasteiger partial charge in [-0.3, -0.25) is 4.79 Å². The molecule has 1 aromatic carbocycles. The number of benzene rings is 1. The van der Waals surface area contributed by atoms with Gasteiger partial charge >= 0.3 is 5.97 Å². The standard InChI is InChI=1S/C14H16O4/c1-17-11-6-2-4-9-8-14(18-12(9)11)7-3-5-10(14)13(15)16/h2,4,6,10H,3,5,7-8H2,1H3,(H,15,16). The van der Waals surface area contributed by atoms with E-state index in [1.807, 2.05) is 18.2 Å². The third-order valence-corrected chi connectivity index (χ3v) is 4.10. The average molecular weight is 248 g/mol. The maximum atomic E-state index is 11.4. The topological polar surface area (TPSA) is 55.8 Å². The molecule has 18 heavy (non-hydrogen) atoms. The van der Waals surface area contributed by atoms with Crippen LogP contribution in [0, 0.1) is 5.92 Å². The lowest BCUT2D eigenvalue weighted by atomic mass is 9.86. The van der Waals surface area contributed by atoms with Crippen LogP contribution in [0.25, 0.3) is 0 Å². The lowest BCUT2D eigenvalue weighted by molar-refractivity contribution is -0.147. The molecule has 1 aliphatic heterocycles. The van der Waals surface area contributed by atoms with E-state index in [4.69, 9.17) is 9.47 Å². The number of ether oxygens (including phenoxy) is 2. The van der Waals surface area contributed by atoms with Gasteiger partial charge in [-0.15, -0.1) is 0 Å². The van der Waals surface area contributed by atoms with Gasteiger partial charge in [-0.1, -0.05) is 12.1 Å². The van der Waals surface area contributed by atoms with Crippen molar-refractivity contribution in [1.82, 2.24) is 0 Å². The highest BCUT2D eigenvalue weighted by molar-refractivity contribution is 5.73. The van der Waals surface area contributed by atoms with Gasteiger partial charge in [0, 0.05) is 12.0 Å². The van der Waals surface area contributed by atoms with Crippen molar-refractivity contribution in [1.29, 1.82) is 0 Å². The molecule has 1 heterocycles. The van der Waals surface area contributed by atoms with Crippen LogP contribution in [-0.2, 0) is 11.2 Å². The third kappa shape index (κ3) is 1.48. The average Bonchev–Trinajstić information content (AvgIpc) is 2.92. The molecule has 4 nitrogen and oxygen atoms in total. The molecule has 2 unspecified atom stereocenters. The molecule has 0 radical (unpaired) electrons. The van der Waals surface area contributed by atoms with Crippen LogP contribution in [0.1, 0.15) is 24.8 Å². The minimum Gasteiger partial charge on any atom is -0.493 e. The van der Waals surface area contributed by atoms with E-state index >= 15 is 0 Å². The summed E-state index contributed by atoms with van der Waals surface area (Å²) in [5, 5.41) is 9.33. The van der Waals surface area contributed by atoms with Crippen molar-refractivity contribution in [2.45, 2.75) is 31.3 Å². The van der Waals surface area contributed by atoms with E-state index in [2.05, 4.69) is 0 Å². The first-order valence-corrected chi connectivity index (χ1v) is 6.24. The van der Waals surface area contributed by atoms with Gasteiger partial charge < -0.3 is 14.6 Å². The molecule has 1 aliphatic carbocycles. The molecule has 1 spiro atoms. The van der Waals surface area contributed by atoms with E-state index in [9.17, 15) is 9.90 Å². The number of para-hydroxylation sites is 1. The molecule has 1 aromatic rings. The number of hydrogen-bond donors (Lipinski definition) is 1. The quantitative estimate of drug-likeness (QED) is 0.872. The first-order chi connectivity index (χ1) is 8.66. The number of aliphatic carboxylic acids is 1. The summed E-state index contributed by atoms with van der Waals surface area (Å²) in [6.45, 7) is 0. The molecular weight excluding hydrogens is 232 g/mol. The monoisotopic (exact) mass is 248 g/mol. The second-order valence-electron chi connectivity index (χ2n) is 5.08. The van der Waals surface area contributed by atoms with Crippen LogP contribution in [0.4, 0.5) is 0 Å². The number of carboxylic acids is 1. The van der Waals surface area contributed by atoms with Gasteiger partial charge in [0.15, 0.2) is 11.5 Å². The first-order valence-electron chi connectivity index (χ1n) is 6.24. The molecule has 3 rings (SSSR count). The summed E-state index contributed by atoms with van der Waals surface area (Å²) in [5.41, 5.74) is 0.505. The van der Waals surface area contributed by atoms with Gasteiger partial charge in [0.05, 0.1) is 13.0 Å². The number of carbonyl (C=O) groups is 1. The smallest absolute Gasteiger partial charge is 0.310 e. The van der Waals surface area contributed by atoms with Crippen LogP contribution in [0.15, 0.2) is 18.2 Å². The van der Waals surface area contributed by atoms with E-state index in [1.54, 1.807) is 7.11 Å². The Bertz CT molecular complexity index is 497. The van der Waals surface area contributed by atoms with Gasteiger partial charge in [0.2, 0.25) is 0 Å². The lowest BCUT2D eigenvalue weighted by Gasteiger charge is -2.28. The summed E-state index contributed by atoms with van der Waals surface area (Å²) in [6, 6.07) is 5.76. The number of fused-ring (bicyclic) bond motifs is 1. The molecule has 96 valence electrons. The summed E-state index contributed by atoms with van der Waals surface area (Å²) >= 11 is 0. The second-order valence-corrected chi connectivity index (χ2v) is 5.08. The lowest BCUT2D eigenvalue weighted by Crippen LogP contribution is -2.42. The van der Waals surface area contributed by atoms with E-state index in [-0.39, 0.29) is 0 Å². The molecule has 2 atom stereocenters. The van der Waals surface area contributed by atoms with E-state index in [0.717, 1.165) is 24.2 Å². The first kappa shape index (κ1) is 11.4. The number of carboxylic acid groups (broad SMARTS) is 1. The largest absolute Gasteiger partial charge is 0.493 e. The Kier molecular flexibility index (Phi) is 2.47. The van der Waals surface area contributed by atoms with Crippen LogP contribution in [0.3, 0.4) is 0 Å². The Morgan fingerprint density at radius 3 is 3.11 bits per heavy atom. The number of rotatable bonds is 2. The van der Waals surface area contributed by atoms with Crippen LogP contribution in [0.2, 0.25) is 0 Å². The van der Waals surface area contributed by atoms with Crippen molar-refractivity contribution in [3.63, 3.8) is 0 Å². The minimum atomic E-state index is -0.751. The molecule has 1 saturated carbocycles. The van der Waals surface area contributed by atoms with Crippen LogP contribution >= 0.6 is 0 Å². The molecule has 0 amide bonds. The maximum absolute atomic E-state index is 11.4. The zero-order valence-electron chi connectivity index (χ0n) is 10.3. The summed E-state index contributed by atoms with van der Waals surface area (Å²) < 4.78 is 11.3. The summed E-state index contributed by atoms with van der Waals surface area (Å²) in [5.74, 6) is 0.266. The Hall–Kier alpha value is -1.71. The van der Waals surface area contributed by atoms with Crippen molar-refractivity contribution in [3.05, 3.63) is 23.8 Å². The minimum absolute atomic E-state index is 0.408. The highest BCUT2D eigenvalue weighted by Crippen LogP contribution is 2.50. The molecule has 0 aromatic heterocycles. The fourth-order valence-electron chi connectivity index (χ4n) is 3.26. The van der Waals surface area contributed by atoms with Crippen LogP contribution in [-0.4, -0.2) is 23.8 Å². The normalized spacial score (nSPS) is 29.1. The predicted octanol–water partition coefficient (Wildman–Crippen LogP) is 2.25. The predicted molar refractivity (Wildman–Crippen MR) is 65.0 cm³/mol. The Morgan fingerprint density at radius 1 is 1.56 bits per heavy atom. The van der Waals surface area contributed by atoms with E-state index < -0.39 is 17.5 Å². The fourth-order valence-corrected chi connectivity index (χ4v) is 3.26. The third-order valence-electron chi connectivity index (χ3n) is 4.10. The maximum Gasteiger partial charge on any atom is 0.310 e. The van der Waals surface area contributed by atoms with Gasteiger partial charge in [-0.05, 0) is 25.3 Å². The van der Waals surface area contributed by atoms with Crippen LogP contribution in [0.5, 0.6) is 11.5 Å². The Morgan fingerprint density at radius 2 is 2.39 bits per heavy atom. The zero-order chi connectivity index (χ0) is 12.8. The highest BCUT2D eigenvalue weighted by atomic mass is 16.5. The Labute approximate surface area is 106 Å². The van der Waals surface area contributed by atoms with Gasteiger partial charge in [-0.25, -0.2) is 0 Å². The van der Waals surface area contributed by atoms with E-state index in [1.165, 1.54) is 0 Å². The van der Waals surface area contributed by atoms with E-state index in [0.29, 0.717) is 18.6 Å². The molecule has 0 saturated heterocycles. The molecular formula is C14H16O4.